The molecule has 1 heteroatoms. The summed E-state index contributed by atoms with van der Waals surface area (Å²) in [4.78, 5) is 0. The van der Waals surface area contributed by atoms with Crippen molar-refractivity contribution >= 4 is 0 Å². The van der Waals surface area contributed by atoms with E-state index < -0.39 is 0 Å². The van der Waals surface area contributed by atoms with Gasteiger partial charge < -0.3 is 4.74 Å². The average molecular weight is 158 g/mol. The third-order valence-corrected chi connectivity index (χ3v) is 1.75. The monoisotopic (exact) mass is 158 g/mol. The molecule has 0 spiro atoms. The smallest absolute Gasteiger partial charge is 0.0547 e. The Kier molecular flexibility index (Phi) is 4.74. The highest BCUT2D eigenvalue weighted by Gasteiger charge is 2.11. The van der Waals surface area contributed by atoms with E-state index in [4.69, 9.17) is 4.74 Å². The zero-order chi connectivity index (χ0) is 8.91. The molecule has 0 bridgehead atoms. The van der Waals surface area contributed by atoms with Gasteiger partial charge in [-0.05, 0) is 32.1 Å². The van der Waals surface area contributed by atoms with E-state index >= 15 is 0 Å². The normalized spacial score (nSPS) is 15.0. The van der Waals surface area contributed by atoms with Crippen LogP contribution in [-0.2, 0) is 4.74 Å². The van der Waals surface area contributed by atoms with E-state index in [2.05, 4.69) is 27.7 Å². The van der Waals surface area contributed by atoms with Crippen LogP contribution in [0.1, 0.15) is 47.5 Å². The van der Waals surface area contributed by atoms with E-state index in [1.165, 1.54) is 12.8 Å². The van der Waals surface area contributed by atoms with E-state index in [0.717, 1.165) is 6.61 Å². The number of hydrogen-bond acceptors (Lipinski definition) is 1. The lowest BCUT2D eigenvalue weighted by molar-refractivity contribution is 0.0617. The van der Waals surface area contributed by atoms with Crippen LogP contribution in [0.2, 0.25) is 0 Å². The molecule has 11 heavy (non-hydrogen) atoms. The summed E-state index contributed by atoms with van der Waals surface area (Å²) >= 11 is 0. The average Bonchev–Trinajstić information content (AvgIpc) is 1.83. The Balaban J connectivity index is 3.38. The molecule has 0 aliphatic carbocycles. The van der Waals surface area contributed by atoms with Crippen molar-refractivity contribution in [2.75, 3.05) is 6.61 Å². The molecule has 0 aliphatic heterocycles. The maximum atomic E-state index is 5.44. The van der Waals surface area contributed by atoms with Crippen molar-refractivity contribution in [3.8, 4) is 0 Å². The molecule has 1 unspecified atom stereocenters. The minimum Gasteiger partial charge on any atom is -0.379 e. The van der Waals surface area contributed by atoms with Crippen LogP contribution in [0.3, 0.4) is 0 Å². The van der Waals surface area contributed by atoms with Crippen LogP contribution >= 0.6 is 0 Å². The molecule has 1 nitrogen and oxygen atoms in total. The van der Waals surface area contributed by atoms with Gasteiger partial charge in [0.05, 0.1) is 6.10 Å². The summed E-state index contributed by atoms with van der Waals surface area (Å²) in [6.07, 6.45) is 2.85. The minimum absolute atomic E-state index is 0.430. The Morgan fingerprint density at radius 3 is 2.18 bits per heavy atom. The molecule has 0 rings (SSSR count). The van der Waals surface area contributed by atoms with Crippen molar-refractivity contribution in [1.82, 2.24) is 0 Å². The van der Waals surface area contributed by atoms with E-state index in [1.54, 1.807) is 0 Å². The summed E-state index contributed by atoms with van der Waals surface area (Å²) in [7, 11) is 0. The summed E-state index contributed by atoms with van der Waals surface area (Å²) in [5, 5.41) is 0. The molecule has 0 aromatic rings. The van der Waals surface area contributed by atoms with Crippen molar-refractivity contribution in [2.24, 2.45) is 5.41 Å². The van der Waals surface area contributed by atoms with Gasteiger partial charge in [-0.15, -0.1) is 0 Å². The molecule has 0 N–H and O–H groups in total. The van der Waals surface area contributed by atoms with Crippen LogP contribution in [-0.4, -0.2) is 12.7 Å². The van der Waals surface area contributed by atoms with Gasteiger partial charge in [0.1, 0.15) is 0 Å². The van der Waals surface area contributed by atoms with Gasteiger partial charge in [-0.3, -0.25) is 0 Å². The third kappa shape index (κ3) is 7.86. The van der Waals surface area contributed by atoms with Crippen molar-refractivity contribution in [2.45, 2.75) is 53.6 Å². The Labute approximate surface area is 71.1 Å². The predicted molar refractivity (Wildman–Crippen MR) is 49.8 cm³/mol. The maximum absolute atomic E-state index is 5.44. The summed E-state index contributed by atoms with van der Waals surface area (Å²) in [6, 6.07) is 0. The molecular weight excluding hydrogens is 136 g/mol. The molecule has 0 heterocycles. The van der Waals surface area contributed by atoms with E-state index in [9.17, 15) is 0 Å². The van der Waals surface area contributed by atoms with Crippen molar-refractivity contribution in [1.29, 1.82) is 0 Å². The second kappa shape index (κ2) is 4.76. The first kappa shape index (κ1) is 11.0. The Hall–Kier alpha value is -0.0400. The van der Waals surface area contributed by atoms with Crippen LogP contribution in [0.15, 0.2) is 0 Å². The molecule has 0 aromatic carbocycles. The largest absolute Gasteiger partial charge is 0.379 e. The lowest BCUT2D eigenvalue weighted by atomic mass is 9.89. The fraction of sp³-hybridized carbons (Fsp3) is 1.00. The molecule has 0 radical (unpaired) electrons. The SMILES string of the molecule is CCOC(C)CCC(C)(C)C. The van der Waals surface area contributed by atoms with Crippen molar-refractivity contribution in [3.05, 3.63) is 0 Å². The molecule has 68 valence electrons. The lowest BCUT2D eigenvalue weighted by Crippen LogP contribution is -2.13. The second-order valence-corrected chi connectivity index (χ2v) is 4.37. The highest BCUT2D eigenvalue weighted by Crippen LogP contribution is 2.22. The molecular formula is C10H22O. The standard InChI is InChI=1S/C10H22O/c1-6-11-9(2)7-8-10(3,4)5/h9H,6-8H2,1-5H3. The minimum atomic E-state index is 0.430. The highest BCUT2D eigenvalue weighted by molar-refractivity contribution is 4.63. The van der Waals surface area contributed by atoms with Crippen LogP contribution in [0.4, 0.5) is 0 Å². The first-order chi connectivity index (χ1) is 4.95. The van der Waals surface area contributed by atoms with Gasteiger partial charge in [0.25, 0.3) is 0 Å². The fourth-order valence-electron chi connectivity index (χ4n) is 1.00. The maximum Gasteiger partial charge on any atom is 0.0547 e. The Bertz CT molecular complexity index is 91.5. The molecule has 1 atom stereocenters. The fourth-order valence-corrected chi connectivity index (χ4v) is 1.00. The van der Waals surface area contributed by atoms with Gasteiger partial charge in [-0.1, -0.05) is 20.8 Å². The zero-order valence-corrected chi connectivity index (χ0v) is 8.61. The summed E-state index contributed by atoms with van der Waals surface area (Å²) in [5.41, 5.74) is 0.450. The lowest BCUT2D eigenvalue weighted by Gasteiger charge is -2.20. The topological polar surface area (TPSA) is 9.23 Å². The third-order valence-electron chi connectivity index (χ3n) is 1.75. The van der Waals surface area contributed by atoms with Gasteiger partial charge >= 0.3 is 0 Å². The molecule has 0 saturated carbocycles. The first-order valence-electron chi connectivity index (χ1n) is 4.57. The van der Waals surface area contributed by atoms with E-state index in [-0.39, 0.29) is 0 Å². The Morgan fingerprint density at radius 1 is 1.27 bits per heavy atom. The van der Waals surface area contributed by atoms with Crippen LogP contribution in [0, 0.1) is 5.41 Å². The summed E-state index contributed by atoms with van der Waals surface area (Å²) < 4.78 is 5.44. The molecule has 0 aliphatic rings. The zero-order valence-electron chi connectivity index (χ0n) is 8.61. The van der Waals surface area contributed by atoms with Crippen molar-refractivity contribution in [3.63, 3.8) is 0 Å². The predicted octanol–water partition coefficient (Wildman–Crippen LogP) is 3.24. The number of hydrogen-bond donors (Lipinski definition) is 0. The van der Waals surface area contributed by atoms with Gasteiger partial charge in [-0.2, -0.15) is 0 Å². The van der Waals surface area contributed by atoms with Gasteiger partial charge in [0.15, 0.2) is 0 Å². The molecule has 0 aromatic heterocycles. The number of ether oxygens (including phenoxy) is 1. The van der Waals surface area contributed by atoms with Gasteiger partial charge in [-0.25, -0.2) is 0 Å². The quantitative estimate of drug-likeness (QED) is 0.610. The molecule has 0 amide bonds. The van der Waals surface area contributed by atoms with Crippen molar-refractivity contribution < 1.29 is 4.74 Å². The summed E-state index contributed by atoms with van der Waals surface area (Å²) in [5.74, 6) is 0. The summed E-state index contributed by atoms with van der Waals surface area (Å²) in [6.45, 7) is 11.8. The highest BCUT2D eigenvalue weighted by atomic mass is 16.5. The Morgan fingerprint density at radius 2 is 1.82 bits per heavy atom. The van der Waals surface area contributed by atoms with E-state index in [1.807, 2.05) is 6.92 Å². The molecule has 0 fully saturated rings. The first-order valence-corrected chi connectivity index (χ1v) is 4.57. The van der Waals surface area contributed by atoms with E-state index in [0.29, 0.717) is 11.5 Å². The number of rotatable bonds is 4. The van der Waals surface area contributed by atoms with Gasteiger partial charge in [0, 0.05) is 6.61 Å². The second-order valence-electron chi connectivity index (χ2n) is 4.37. The van der Waals surface area contributed by atoms with Crippen LogP contribution in [0.5, 0.6) is 0 Å². The van der Waals surface area contributed by atoms with Gasteiger partial charge in [0.2, 0.25) is 0 Å². The van der Waals surface area contributed by atoms with Crippen LogP contribution < -0.4 is 0 Å². The molecule has 0 saturated heterocycles. The van der Waals surface area contributed by atoms with Crippen LogP contribution in [0.25, 0.3) is 0 Å².